The van der Waals surface area contributed by atoms with E-state index in [0.29, 0.717) is 30.3 Å². The monoisotopic (exact) mass is 408 g/mol. The van der Waals surface area contributed by atoms with Gasteiger partial charge in [-0.25, -0.2) is 4.68 Å². The number of ether oxygens (including phenoxy) is 2. The Morgan fingerprint density at radius 2 is 2.03 bits per heavy atom. The third kappa shape index (κ3) is 3.98. The molecule has 1 amide bonds. The highest BCUT2D eigenvalue weighted by Crippen LogP contribution is 2.32. The second-order valence-corrected chi connectivity index (χ2v) is 7.67. The van der Waals surface area contributed by atoms with Crippen molar-refractivity contribution in [1.82, 2.24) is 14.7 Å². The molecule has 1 aromatic heterocycles. The van der Waals surface area contributed by atoms with Crippen molar-refractivity contribution in [2.24, 2.45) is 5.73 Å². The van der Waals surface area contributed by atoms with Gasteiger partial charge in [0, 0.05) is 30.4 Å². The fraction of sp³-hybridized carbons (Fsp3) is 0.391. The minimum atomic E-state index is -0.0535. The average Bonchev–Trinajstić information content (AvgIpc) is 3.39. The largest absolute Gasteiger partial charge is 0.493 e. The zero-order valence-electron chi connectivity index (χ0n) is 17.5. The number of nitrogens with two attached hydrogens (primary N) is 1. The highest BCUT2D eigenvalue weighted by molar-refractivity contribution is 5.93. The van der Waals surface area contributed by atoms with Gasteiger partial charge < -0.3 is 20.1 Å². The van der Waals surface area contributed by atoms with Gasteiger partial charge in [-0.1, -0.05) is 12.2 Å². The molecule has 0 saturated carbocycles. The Morgan fingerprint density at radius 1 is 1.20 bits per heavy atom. The quantitative estimate of drug-likeness (QED) is 0.841. The standard InChI is InChI=1S/C23H28N4O3/c1-29-21-10-9-16(13-22(21)30-2)20-8-6-4-3-5-7-18-14-19(25-27(18)20)23(28)26-12-11-17(24)15-26/h4,6,8-10,13-14,17H,3,5,7,11-12,15,24H2,1-2H3/b6-4-,20-8-/t17-/m0/s1. The van der Waals surface area contributed by atoms with Crippen molar-refractivity contribution in [1.29, 1.82) is 0 Å². The number of nitrogens with zero attached hydrogens (tertiary/aromatic N) is 3. The van der Waals surface area contributed by atoms with E-state index in [1.165, 1.54) is 0 Å². The molecule has 2 N–H and O–H groups in total. The summed E-state index contributed by atoms with van der Waals surface area (Å²) in [6.45, 7) is 1.27. The van der Waals surface area contributed by atoms with Crippen LogP contribution in [-0.2, 0) is 6.42 Å². The summed E-state index contributed by atoms with van der Waals surface area (Å²) in [7, 11) is 3.24. The fourth-order valence-corrected chi connectivity index (χ4v) is 3.99. The molecule has 2 aromatic rings. The Labute approximate surface area is 176 Å². The van der Waals surface area contributed by atoms with E-state index in [2.05, 4.69) is 6.08 Å². The SMILES string of the molecule is COc1ccc(/C2=C/C=C\CCCc3cc(C(=O)N4CC[C@H](N)C4)nn32)cc1OC. The number of amides is 1. The molecular formula is C23H28N4O3. The molecular weight excluding hydrogens is 380 g/mol. The van der Waals surface area contributed by atoms with Crippen molar-refractivity contribution in [2.45, 2.75) is 31.7 Å². The lowest BCUT2D eigenvalue weighted by Gasteiger charge is -2.15. The summed E-state index contributed by atoms with van der Waals surface area (Å²) in [6, 6.07) is 7.76. The molecule has 158 valence electrons. The third-order valence-corrected chi connectivity index (χ3v) is 5.62. The highest BCUT2D eigenvalue weighted by atomic mass is 16.5. The van der Waals surface area contributed by atoms with Crippen LogP contribution in [0.3, 0.4) is 0 Å². The average molecular weight is 409 g/mol. The van der Waals surface area contributed by atoms with Gasteiger partial charge in [0.1, 0.15) is 0 Å². The summed E-state index contributed by atoms with van der Waals surface area (Å²) in [6.07, 6.45) is 9.88. The minimum absolute atomic E-state index is 0.0495. The van der Waals surface area contributed by atoms with Gasteiger partial charge in [-0.3, -0.25) is 4.79 Å². The number of likely N-dealkylation sites (tertiary alicyclic amines) is 1. The molecule has 1 saturated heterocycles. The molecule has 7 heteroatoms. The summed E-state index contributed by atoms with van der Waals surface area (Å²) in [5, 5.41) is 4.73. The van der Waals surface area contributed by atoms with Gasteiger partial charge >= 0.3 is 0 Å². The normalized spacial score (nSPS) is 21.6. The minimum Gasteiger partial charge on any atom is -0.493 e. The first-order chi connectivity index (χ1) is 14.6. The number of fused-ring (bicyclic) bond motifs is 1. The van der Waals surface area contributed by atoms with Crippen LogP contribution in [0.1, 0.15) is 41.0 Å². The van der Waals surface area contributed by atoms with Crippen LogP contribution >= 0.6 is 0 Å². The summed E-state index contributed by atoms with van der Waals surface area (Å²) < 4.78 is 12.7. The summed E-state index contributed by atoms with van der Waals surface area (Å²) in [5.74, 6) is 1.26. The lowest BCUT2D eigenvalue weighted by Crippen LogP contribution is -2.32. The van der Waals surface area contributed by atoms with E-state index in [-0.39, 0.29) is 11.9 Å². The second kappa shape index (κ2) is 8.75. The first-order valence-electron chi connectivity index (χ1n) is 10.3. The van der Waals surface area contributed by atoms with Crippen molar-refractivity contribution < 1.29 is 14.3 Å². The lowest BCUT2D eigenvalue weighted by atomic mass is 10.1. The van der Waals surface area contributed by atoms with E-state index in [1.54, 1.807) is 19.1 Å². The van der Waals surface area contributed by atoms with Gasteiger partial charge in [0.05, 0.1) is 19.9 Å². The molecule has 1 atom stereocenters. The van der Waals surface area contributed by atoms with Gasteiger partial charge in [0.2, 0.25) is 0 Å². The first kappa shape index (κ1) is 20.2. The van der Waals surface area contributed by atoms with Crippen molar-refractivity contribution in [3.63, 3.8) is 0 Å². The van der Waals surface area contributed by atoms with Gasteiger partial charge in [-0.2, -0.15) is 5.10 Å². The van der Waals surface area contributed by atoms with Crippen molar-refractivity contribution in [3.8, 4) is 11.5 Å². The fourth-order valence-electron chi connectivity index (χ4n) is 3.99. The molecule has 2 aliphatic rings. The number of rotatable bonds is 4. The highest BCUT2D eigenvalue weighted by Gasteiger charge is 2.27. The molecule has 0 unspecified atom stereocenters. The molecule has 7 nitrogen and oxygen atoms in total. The smallest absolute Gasteiger partial charge is 0.274 e. The van der Waals surface area contributed by atoms with E-state index in [0.717, 1.165) is 42.6 Å². The number of allylic oxidation sites excluding steroid dienone is 3. The zero-order chi connectivity index (χ0) is 21.1. The number of carbonyl (C=O) groups excluding carboxylic acids is 1. The van der Waals surface area contributed by atoms with Crippen LogP contribution in [0.25, 0.3) is 5.70 Å². The maximum Gasteiger partial charge on any atom is 0.274 e. The van der Waals surface area contributed by atoms with Crippen LogP contribution in [-0.4, -0.2) is 53.9 Å². The number of aryl methyl sites for hydroxylation is 1. The molecule has 4 rings (SSSR count). The Morgan fingerprint density at radius 3 is 2.77 bits per heavy atom. The topological polar surface area (TPSA) is 82.6 Å². The van der Waals surface area contributed by atoms with Crippen LogP contribution in [0.2, 0.25) is 0 Å². The van der Waals surface area contributed by atoms with Gasteiger partial charge in [0.25, 0.3) is 5.91 Å². The molecule has 1 aromatic carbocycles. The number of aromatic nitrogens is 2. The van der Waals surface area contributed by atoms with Crippen LogP contribution < -0.4 is 15.2 Å². The molecule has 30 heavy (non-hydrogen) atoms. The van der Waals surface area contributed by atoms with E-state index >= 15 is 0 Å². The second-order valence-electron chi connectivity index (χ2n) is 7.67. The first-order valence-corrected chi connectivity index (χ1v) is 10.3. The number of hydrogen-bond acceptors (Lipinski definition) is 5. The summed E-state index contributed by atoms with van der Waals surface area (Å²) in [5.41, 5.74) is 9.30. The molecule has 3 heterocycles. The van der Waals surface area contributed by atoms with Crippen LogP contribution in [0.15, 0.2) is 42.5 Å². The Bertz CT molecular complexity index is 992. The van der Waals surface area contributed by atoms with Crippen molar-refractivity contribution >= 4 is 11.6 Å². The predicted octanol–water partition coefficient (Wildman–Crippen LogP) is 2.86. The molecule has 0 aliphatic carbocycles. The van der Waals surface area contributed by atoms with Crippen LogP contribution in [0, 0.1) is 0 Å². The maximum atomic E-state index is 13.0. The molecule has 2 aliphatic heterocycles. The molecule has 0 radical (unpaired) electrons. The number of carbonyl (C=O) groups is 1. The van der Waals surface area contributed by atoms with Gasteiger partial charge in [0.15, 0.2) is 17.2 Å². The van der Waals surface area contributed by atoms with Gasteiger partial charge in [-0.15, -0.1) is 0 Å². The Hall–Kier alpha value is -3.06. The van der Waals surface area contributed by atoms with Gasteiger partial charge in [-0.05, 0) is 56.0 Å². The van der Waals surface area contributed by atoms with E-state index in [9.17, 15) is 4.79 Å². The Balaban J connectivity index is 1.75. The van der Waals surface area contributed by atoms with Crippen molar-refractivity contribution in [2.75, 3.05) is 27.3 Å². The molecule has 1 fully saturated rings. The molecule has 0 spiro atoms. The summed E-state index contributed by atoms with van der Waals surface area (Å²) >= 11 is 0. The Kier molecular flexibility index (Phi) is 5.90. The maximum absolute atomic E-state index is 13.0. The summed E-state index contributed by atoms with van der Waals surface area (Å²) in [4.78, 5) is 14.8. The predicted molar refractivity (Wildman–Crippen MR) is 116 cm³/mol. The lowest BCUT2D eigenvalue weighted by molar-refractivity contribution is 0.0784. The number of benzene rings is 1. The zero-order valence-corrected chi connectivity index (χ0v) is 17.5. The van der Waals surface area contributed by atoms with E-state index in [4.69, 9.17) is 20.3 Å². The van der Waals surface area contributed by atoms with Crippen LogP contribution in [0.5, 0.6) is 11.5 Å². The van der Waals surface area contributed by atoms with Crippen molar-refractivity contribution in [3.05, 3.63) is 59.4 Å². The number of methoxy groups -OCH3 is 2. The van der Waals surface area contributed by atoms with E-state index in [1.807, 2.05) is 41.1 Å². The third-order valence-electron chi connectivity index (χ3n) is 5.62. The molecule has 0 bridgehead atoms. The number of hydrogen-bond donors (Lipinski definition) is 1. The van der Waals surface area contributed by atoms with Crippen LogP contribution in [0.4, 0.5) is 0 Å². The van der Waals surface area contributed by atoms with E-state index < -0.39 is 0 Å².